The van der Waals surface area contributed by atoms with E-state index < -0.39 is 0 Å². The van der Waals surface area contributed by atoms with Crippen LogP contribution in [0.15, 0.2) is 24.5 Å². The molecule has 1 saturated carbocycles. The lowest BCUT2D eigenvalue weighted by Gasteiger charge is -2.26. The van der Waals surface area contributed by atoms with Gasteiger partial charge in [-0.1, -0.05) is 19.3 Å². The predicted molar refractivity (Wildman–Crippen MR) is 80.2 cm³/mol. The van der Waals surface area contributed by atoms with Crippen LogP contribution in [0.2, 0.25) is 0 Å². The monoisotopic (exact) mass is 289 g/mol. The molecular weight excluding hydrogens is 266 g/mol. The maximum absolute atomic E-state index is 12.3. The summed E-state index contributed by atoms with van der Waals surface area (Å²) in [6.07, 6.45) is 10.4. The summed E-state index contributed by atoms with van der Waals surface area (Å²) in [5.74, 6) is 0.824. The largest absolute Gasteiger partial charge is 0.488 e. The van der Waals surface area contributed by atoms with Gasteiger partial charge < -0.3 is 15.0 Å². The van der Waals surface area contributed by atoms with Crippen LogP contribution >= 0.6 is 0 Å². The minimum absolute atomic E-state index is 0.0720. The second-order valence-corrected chi connectivity index (χ2v) is 5.94. The molecule has 2 aliphatic rings. The molecule has 2 fully saturated rings. The van der Waals surface area contributed by atoms with Gasteiger partial charge in [0.05, 0.1) is 6.54 Å². The minimum Gasteiger partial charge on any atom is -0.488 e. The standard InChI is InChI=1S/C16H23N3O2/c20-16(18-13-4-2-1-3-5-13)19-11-8-15(12-19)21-14-6-9-17-10-7-14/h6-7,9-10,13,15H,1-5,8,11-12H2,(H,18,20). The zero-order chi connectivity index (χ0) is 14.5. The highest BCUT2D eigenvalue weighted by atomic mass is 16.5. The highest BCUT2D eigenvalue weighted by molar-refractivity contribution is 5.74. The number of hydrogen-bond donors (Lipinski definition) is 1. The van der Waals surface area contributed by atoms with Gasteiger partial charge in [0.2, 0.25) is 0 Å². The van der Waals surface area contributed by atoms with E-state index in [1.54, 1.807) is 12.4 Å². The van der Waals surface area contributed by atoms with E-state index in [2.05, 4.69) is 10.3 Å². The van der Waals surface area contributed by atoms with E-state index >= 15 is 0 Å². The van der Waals surface area contributed by atoms with E-state index in [4.69, 9.17) is 4.74 Å². The Labute approximate surface area is 125 Å². The van der Waals surface area contributed by atoms with Gasteiger partial charge in [-0.05, 0) is 25.0 Å². The molecule has 0 radical (unpaired) electrons. The third kappa shape index (κ3) is 3.86. The molecule has 1 aromatic rings. The summed E-state index contributed by atoms with van der Waals surface area (Å²) in [7, 11) is 0. The smallest absolute Gasteiger partial charge is 0.317 e. The number of ether oxygens (including phenoxy) is 1. The van der Waals surface area contributed by atoms with Crippen molar-refractivity contribution in [3.63, 3.8) is 0 Å². The fourth-order valence-corrected chi connectivity index (χ4v) is 3.13. The van der Waals surface area contributed by atoms with E-state index in [0.29, 0.717) is 12.6 Å². The molecule has 5 nitrogen and oxygen atoms in total. The molecule has 5 heteroatoms. The summed E-state index contributed by atoms with van der Waals surface area (Å²) in [5, 5.41) is 3.17. The number of carbonyl (C=O) groups excluding carboxylic acids is 1. The molecule has 2 heterocycles. The van der Waals surface area contributed by atoms with Gasteiger partial charge in [-0.3, -0.25) is 4.98 Å². The first-order chi connectivity index (χ1) is 10.3. The first-order valence-electron chi connectivity index (χ1n) is 7.93. The normalized spacial score (nSPS) is 23.0. The molecule has 21 heavy (non-hydrogen) atoms. The maximum atomic E-state index is 12.3. The molecule has 1 saturated heterocycles. The van der Waals surface area contributed by atoms with Crippen molar-refractivity contribution < 1.29 is 9.53 Å². The number of nitrogens with zero attached hydrogens (tertiary/aromatic N) is 2. The van der Waals surface area contributed by atoms with Crippen LogP contribution < -0.4 is 10.1 Å². The van der Waals surface area contributed by atoms with Crippen LogP contribution in [0.3, 0.4) is 0 Å². The molecule has 2 amide bonds. The van der Waals surface area contributed by atoms with Crippen LogP contribution in [0.1, 0.15) is 38.5 Å². The van der Waals surface area contributed by atoms with Crippen molar-refractivity contribution in [3.8, 4) is 5.75 Å². The number of urea groups is 1. The van der Waals surface area contributed by atoms with E-state index in [9.17, 15) is 4.79 Å². The van der Waals surface area contributed by atoms with Gasteiger partial charge in [0.25, 0.3) is 0 Å². The lowest BCUT2D eigenvalue weighted by atomic mass is 9.96. The van der Waals surface area contributed by atoms with Gasteiger partial charge in [0.1, 0.15) is 11.9 Å². The summed E-state index contributed by atoms with van der Waals surface area (Å²) in [5.41, 5.74) is 0. The van der Waals surface area contributed by atoms with E-state index in [-0.39, 0.29) is 12.1 Å². The summed E-state index contributed by atoms with van der Waals surface area (Å²) < 4.78 is 5.88. The van der Waals surface area contributed by atoms with Crippen LogP contribution in [0, 0.1) is 0 Å². The number of rotatable bonds is 3. The van der Waals surface area contributed by atoms with Crippen LogP contribution in [-0.2, 0) is 0 Å². The number of hydrogen-bond acceptors (Lipinski definition) is 3. The Kier molecular flexibility index (Phi) is 4.58. The highest BCUT2D eigenvalue weighted by Gasteiger charge is 2.29. The molecule has 1 aromatic heterocycles. The third-order valence-electron chi connectivity index (χ3n) is 4.32. The van der Waals surface area contributed by atoms with Crippen molar-refractivity contribution in [1.29, 1.82) is 0 Å². The molecular formula is C16H23N3O2. The van der Waals surface area contributed by atoms with Crippen molar-refractivity contribution in [2.75, 3.05) is 13.1 Å². The Bertz CT molecular complexity index is 460. The van der Waals surface area contributed by atoms with Gasteiger partial charge in [-0.2, -0.15) is 0 Å². The first kappa shape index (κ1) is 14.2. The molecule has 3 rings (SSSR count). The molecule has 1 N–H and O–H groups in total. The number of amides is 2. The van der Waals surface area contributed by atoms with E-state index in [1.807, 2.05) is 17.0 Å². The lowest BCUT2D eigenvalue weighted by molar-refractivity contribution is 0.182. The molecule has 0 spiro atoms. The average molecular weight is 289 g/mol. The first-order valence-corrected chi connectivity index (χ1v) is 7.93. The second kappa shape index (κ2) is 6.78. The van der Waals surface area contributed by atoms with Crippen LogP contribution in [0.25, 0.3) is 0 Å². The number of pyridine rings is 1. The van der Waals surface area contributed by atoms with E-state index in [0.717, 1.165) is 31.6 Å². The number of aromatic nitrogens is 1. The SMILES string of the molecule is O=C(NC1CCCCC1)N1CCC(Oc2ccncc2)C1. The number of nitrogens with one attached hydrogen (secondary N) is 1. The van der Waals surface area contributed by atoms with Crippen LogP contribution in [-0.4, -0.2) is 41.2 Å². The van der Waals surface area contributed by atoms with Gasteiger partial charge in [-0.15, -0.1) is 0 Å². The fourth-order valence-electron chi connectivity index (χ4n) is 3.13. The molecule has 114 valence electrons. The third-order valence-corrected chi connectivity index (χ3v) is 4.32. The molecule has 1 aliphatic carbocycles. The second-order valence-electron chi connectivity index (χ2n) is 5.94. The van der Waals surface area contributed by atoms with Crippen molar-refractivity contribution in [2.24, 2.45) is 0 Å². The minimum atomic E-state index is 0.0720. The maximum Gasteiger partial charge on any atom is 0.317 e. The van der Waals surface area contributed by atoms with Crippen LogP contribution in [0.4, 0.5) is 4.79 Å². The Morgan fingerprint density at radius 1 is 1.19 bits per heavy atom. The Balaban J connectivity index is 1.46. The van der Waals surface area contributed by atoms with Gasteiger partial charge in [0, 0.05) is 31.4 Å². The molecule has 0 aromatic carbocycles. The molecule has 1 aliphatic heterocycles. The van der Waals surface area contributed by atoms with Gasteiger partial charge in [0.15, 0.2) is 0 Å². The zero-order valence-electron chi connectivity index (χ0n) is 12.3. The van der Waals surface area contributed by atoms with Gasteiger partial charge >= 0.3 is 6.03 Å². The number of likely N-dealkylation sites (tertiary alicyclic amines) is 1. The van der Waals surface area contributed by atoms with Crippen molar-refractivity contribution >= 4 is 6.03 Å². The molecule has 0 bridgehead atoms. The Morgan fingerprint density at radius 3 is 2.71 bits per heavy atom. The summed E-state index contributed by atoms with van der Waals surface area (Å²) >= 11 is 0. The summed E-state index contributed by atoms with van der Waals surface area (Å²) in [4.78, 5) is 18.1. The Hall–Kier alpha value is -1.78. The lowest BCUT2D eigenvalue weighted by Crippen LogP contribution is -2.45. The Morgan fingerprint density at radius 2 is 1.95 bits per heavy atom. The fraction of sp³-hybridized carbons (Fsp3) is 0.625. The van der Waals surface area contributed by atoms with Crippen LogP contribution in [0.5, 0.6) is 5.75 Å². The van der Waals surface area contributed by atoms with Crippen molar-refractivity contribution in [3.05, 3.63) is 24.5 Å². The van der Waals surface area contributed by atoms with Crippen molar-refractivity contribution in [2.45, 2.75) is 50.7 Å². The van der Waals surface area contributed by atoms with Crippen molar-refractivity contribution in [1.82, 2.24) is 15.2 Å². The zero-order valence-corrected chi connectivity index (χ0v) is 12.3. The predicted octanol–water partition coefficient (Wildman–Crippen LogP) is 2.58. The highest BCUT2D eigenvalue weighted by Crippen LogP contribution is 2.20. The quantitative estimate of drug-likeness (QED) is 0.930. The van der Waals surface area contributed by atoms with Gasteiger partial charge in [-0.25, -0.2) is 4.79 Å². The summed E-state index contributed by atoms with van der Waals surface area (Å²) in [6.45, 7) is 1.44. The molecule has 1 unspecified atom stereocenters. The summed E-state index contributed by atoms with van der Waals surface area (Å²) in [6, 6.07) is 4.14. The van der Waals surface area contributed by atoms with E-state index in [1.165, 1.54) is 19.3 Å². The average Bonchev–Trinajstić information content (AvgIpc) is 2.98. The molecule has 1 atom stereocenters. The topological polar surface area (TPSA) is 54.5 Å². The number of carbonyl (C=O) groups is 1.